The van der Waals surface area contributed by atoms with Crippen LogP contribution in [0.25, 0.3) is 0 Å². The number of aliphatic imine (C=N–C) groups is 2. The van der Waals surface area contributed by atoms with E-state index in [1.165, 1.54) is 0 Å². The number of carbonyl (C=O) groups is 1. The molecular formula is C10H11N3O2. The Morgan fingerprint density at radius 3 is 3.27 bits per heavy atom. The fraction of sp³-hybridized carbons (Fsp3) is 0.300. The number of amidine groups is 1. The van der Waals surface area contributed by atoms with E-state index in [4.69, 9.17) is 4.74 Å². The second-order valence-corrected chi connectivity index (χ2v) is 3.01. The van der Waals surface area contributed by atoms with Crippen molar-refractivity contribution >= 4 is 18.0 Å². The second-order valence-electron chi connectivity index (χ2n) is 3.01. The SMILES string of the molecule is CCOC(=O)C1C=CN2C=CN=CC2=N1. The molecule has 0 spiro atoms. The van der Waals surface area contributed by atoms with Crippen molar-refractivity contribution < 1.29 is 9.53 Å². The molecule has 0 fully saturated rings. The average molecular weight is 205 g/mol. The van der Waals surface area contributed by atoms with Crippen LogP contribution in [0, 0.1) is 0 Å². The Kier molecular flexibility index (Phi) is 2.62. The molecule has 2 aliphatic heterocycles. The Labute approximate surface area is 87.5 Å². The van der Waals surface area contributed by atoms with Crippen LogP contribution < -0.4 is 0 Å². The van der Waals surface area contributed by atoms with E-state index in [-0.39, 0.29) is 5.97 Å². The lowest BCUT2D eigenvalue weighted by Crippen LogP contribution is -2.32. The van der Waals surface area contributed by atoms with Crippen LogP contribution in [-0.2, 0) is 9.53 Å². The number of rotatable bonds is 2. The molecule has 0 saturated carbocycles. The van der Waals surface area contributed by atoms with Crippen molar-refractivity contribution in [2.24, 2.45) is 9.98 Å². The molecule has 5 heteroatoms. The maximum absolute atomic E-state index is 11.4. The summed E-state index contributed by atoms with van der Waals surface area (Å²) < 4.78 is 4.88. The molecule has 0 aromatic heterocycles. The summed E-state index contributed by atoms with van der Waals surface area (Å²) in [6.45, 7) is 2.14. The highest BCUT2D eigenvalue weighted by atomic mass is 16.5. The van der Waals surface area contributed by atoms with E-state index < -0.39 is 6.04 Å². The third-order valence-electron chi connectivity index (χ3n) is 2.00. The third-order valence-corrected chi connectivity index (χ3v) is 2.00. The molecule has 5 nitrogen and oxygen atoms in total. The molecular weight excluding hydrogens is 194 g/mol. The first kappa shape index (κ1) is 9.64. The van der Waals surface area contributed by atoms with Crippen LogP contribution in [0.4, 0.5) is 0 Å². The highest BCUT2D eigenvalue weighted by molar-refractivity contribution is 6.31. The first-order valence-corrected chi connectivity index (χ1v) is 4.72. The monoisotopic (exact) mass is 205 g/mol. The van der Waals surface area contributed by atoms with Gasteiger partial charge in [-0.2, -0.15) is 0 Å². The summed E-state index contributed by atoms with van der Waals surface area (Å²) in [7, 11) is 0. The number of fused-ring (bicyclic) bond motifs is 1. The smallest absolute Gasteiger partial charge is 0.335 e. The van der Waals surface area contributed by atoms with Gasteiger partial charge in [-0.25, -0.2) is 9.79 Å². The molecule has 0 amide bonds. The molecule has 0 aliphatic carbocycles. The van der Waals surface area contributed by atoms with E-state index >= 15 is 0 Å². The molecule has 1 unspecified atom stereocenters. The van der Waals surface area contributed by atoms with Crippen LogP contribution in [0.2, 0.25) is 0 Å². The number of hydrogen-bond donors (Lipinski definition) is 0. The topological polar surface area (TPSA) is 54.3 Å². The van der Waals surface area contributed by atoms with E-state index in [9.17, 15) is 4.79 Å². The van der Waals surface area contributed by atoms with Crippen LogP contribution in [-0.4, -0.2) is 35.6 Å². The molecule has 1 atom stereocenters. The predicted octanol–water partition coefficient (Wildman–Crippen LogP) is 0.702. The lowest BCUT2D eigenvalue weighted by molar-refractivity contribution is -0.143. The first-order chi connectivity index (χ1) is 7.31. The quantitative estimate of drug-likeness (QED) is 0.623. The fourth-order valence-corrected chi connectivity index (χ4v) is 1.31. The molecule has 2 rings (SSSR count). The molecule has 0 aromatic carbocycles. The van der Waals surface area contributed by atoms with Crippen molar-refractivity contribution in [1.82, 2.24) is 4.90 Å². The average Bonchev–Trinajstić information content (AvgIpc) is 2.29. The van der Waals surface area contributed by atoms with Crippen molar-refractivity contribution in [2.45, 2.75) is 13.0 Å². The summed E-state index contributed by atoms with van der Waals surface area (Å²) in [6.07, 6.45) is 8.52. The van der Waals surface area contributed by atoms with Gasteiger partial charge in [0.05, 0.1) is 12.8 Å². The van der Waals surface area contributed by atoms with Gasteiger partial charge in [-0.05, 0) is 13.0 Å². The van der Waals surface area contributed by atoms with Gasteiger partial charge in [0, 0.05) is 18.6 Å². The Hall–Kier alpha value is -1.91. The lowest BCUT2D eigenvalue weighted by atomic mass is 10.2. The van der Waals surface area contributed by atoms with Crippen LogP contribution >= 0.6 is 0 Å². The number of carbonyl (C=O) groups excluding carboxylic acids is 1. The van der Waals surface area contributed by atoms with Gasteiger partial charge in [-0.1, -0.05) is 0 Å². The summed E-state index contributed by atoms with van der Waals surface area (Å²) >= 11 is 0. The number of esters is 1. The second kappa shape index (κ2) is 4.08. The van der Waals surface area contributed by atoms with Crippen molar-refractivity contribution in [2.75, 3.05) is 6.61 Å². The molecule has 78 valence electrons. The zero-order valence-electron chi connectivity index (χ0n) is 8.33. The van der Waals surface area contributed by atoms with Crippen molar-refractivity contribution in [3.63, 3.8) is 0 Å². The molecule has 2 aliphatic rings. The van der Waals surface area contributed by atoms with Crippen molar-refractivity contribution in [3.05, 3.63) is 24.7 Å². The minimum absolute atomic E-state index is 0.330. The normalized spacial score (nSPS) is 22.3. The van der Waals surface area contributed by atoms with Crippen molar-refractivity contribution in [1.29, 1.82) is 0 Å². The zero-order valence-corrected chi connectivity index (χ0v) is 8.33. The standard InChI is InChI=1S/C10H11N3O2/c1-2-15-10(14)8-3-5-13-6-4-11-7-9(13)12-8/h3-8H,2H2,1H3. The lowest BCUT2D eigenvalue weighted by Gasteiger charge is -2.22. The third kappa shape index (κ3) is 1.96. The van der Waals surface area contributed by atoms with Crippen LogP contribution in [0.5, 0.6) is 0 Å². The van der Waals surface area contributed by atoms with E-state index in [1.807, 2.05) is 0 Å². The molecule has 0 radical (unpaired) electrons. The molecule has 0 aromatic rings. The fourth-order valence-electron chi connectivity index (χ4n) is 1.31. The van der Waals surface area contributed by atoms with Crippen LogP contribution in [0.3, 0.4) is 0 Å². The Bertz CT molecular complexity index is 382. The van der Waals surface area contributed by atoms with Gasteiger partial charge in [-0.15, -0.1) is 0 Å². The molecule has 0 N–H and O–H groups in total. The minimum atomic E-state index is -0.547. The van der Waals surface area contributed by atoms with Gasteiger partial charge in [0.1, 0.15) is 0 Å². The summed E-state index contributed by atoms with van der Waals surface area (Å²) in [4.78, 5) is 21.3. The summed E-state index contributed by atoms with van der Waals surface area (Å²) in [5, 5.41) is 0. The van der Waals surface area contributed by atoms with Crippen molar-refractivity contribution in [3.8, 4) is 0 Å². The highest BCUT2D eigenvalue weighted by Gasteiger charge is 2.21. The van der Waals surface area contributed by atoms with E-state index in [1.54, 1.807) is 42.7 Å². The first-order valence-electron chi connectivity index (χ1n) is 4.72. The molecule has 2 heterocycles. The van der Waals surface area contributed by atoms with E-state index in [0.717, 1.165) is 0 Å². The maximum Gasteiger partial charge on any atom is 0.335 e. The predicted molar refractivity (Wildman–Crippen MR) is 56.5 cm³/mol. The van der Waals surface area contributed by atoms with Gasteiger partial charge in [-0.3, -0.25) is 4.99 Å². The Morgan fingerprint density at radius 2 is 2.47 bits per heavy atom. The van der Waals surface area contributed by atoms with E-state index in [2.05, 4.69) is 9.98 Å². The van der Waals surface area contributed by atoms with E-state index in [0.29, 0.717) is 12.4 Å². The van der Waals surface area contributed by atoms with Crippen LogP contribution in [0.1, 0.15) is 6.92 Å². The summed E-state index contributed by atoms with van der Waals surface area (Å²) in [5.41, 5.74) is 0. The van der Waals surface area contributed by atoms with Gasteiger partial charge in [0.25, 0.3) is 0 Å². The summed E-state index contributed by atoms with van der Waals surface area (Å²) in [5.74, 6) is 0.321. The minimum Gasteiger partial charge on any atom is -0.464 e. The molecule has 15 heavy (non-hydrogen) atoms. The highest BCUT2D eigenvalue weighted by Crippen LogP contribution is 2.10. The maximum atomic E-state index is 11.4. The summed E-state index contributed by atoms with van der Waals surface area (Å²) in [6, 6.07) is -0.547. The number of nitrogens with zero attached hydrogens (tertiary/aromatic N) is 3. The largest absolute Gasteiger partial charge is 0.464 e. The van der Waals surface area contributed by atoms with Gasteiger partial charge in [0.2, 0.25) is 0 Å². The van der Waals surface area contributed by atoms with Gasteiger partial charge >= 0.3 is 5.97 Å². The zero-order chi connectivity index (χ0) is 10.7. The van der Waals surface area contributed by atoms with Crippen LogP contribution in [0.15, 0.2) is 34.7 Å². The Morgan fingerprint density at radius 1 is 1.60 bits per heavy atom. The van der Waals surface area contributed by atoms with Gasteiger partial charge in [0.15, 0.2) is 11.9 Å². The van der Waals surface area contributed by atoms with Gasteiger partial charge < -0.3 is 9.64 Å². The molecule has 0 saturated heterocycles. The number of ether oxygens (including phenoxy) is 1. The Balaban J connectivity index is 2.13. The molecule has 0 bridgehead atoms. The number of hydrogen-bond acceptors (Lipinski definition) is 5.